The highest BCUT2D eigenvalue weighted by atomic mass is 32.1. The molecule has 2 N–H and O–H groups in total. The summed E-state index contributed by atoms with van der Waals surface area (Å²) in [4.78, 5) is 23.6. The van der Waals surface area contributed by atoms with Crippen molar-refractivity contribution in [2.45, 2.75) is 19.6 Å². The van der Waals surface area contributed by atoms with E-state index in [1.165, 1.54) is 0 Å². The lowest BCUT2D eigenvalue weighted by Gasteiger charge is -2.14. The van der Waals surface area contributed by atoms with Crippen molar-refractivity contribution in [3.8, 4) is 0 Å². The molecule has 0 saturated heterocycles. The summed E-state index contributed by atoms with van der Waals surface area (Å²) in [6.07, 6.45) is -0.255. The average Bonchev–Trinajstić information content (AvgIpc) is 3.08. The van der Waals surface area contributed by atoms with Gasteiger partial charge in [0, 0.05) is 20.2 Å². The second-order valence-electron chi connectivity index (χ2n) is 5.16. The van der Waals surface area contributed by atoms with E-state index >= 15 is 0 Å². The van der Waals surface area contributed by atoms with Crippen molar-refractivity contribution < 1.29 is 14.3 Å². The van der Waals surface area contributed by atoms with Crippen molar-refractivity contribution >= 4 is 23.2 Å². The first kappa shape index (κ1) is 17.2. The minimum Gasteiger partial charge on any atom is -0.375 e. The van der Waals surface area contributed by atoms with E-state index in [9.17, 15) is 9.59 Å². The van der Waals surface area contributed by atoms with Gasteiger partial charge in [-0.2, -0.15) is 11.3 Å². The summed E-state index contributed by atoms with van der Waals surface area (Å²) in [7, 11) is 1.58. The third-order valence-corrected chi connectivity index (χ3v) is 4.13. The number of carbonyl (C=O) groups excluding carboxylic acids is 2. The second-order valence-corrected chi connectivity index (χ2v) is 5.94. The van der Waals surface area contributed by atoms with Crippen LogP contribution in [0.4, 0.5) is 0 Å². The van der Waals surface area contributed by atoms with E-state index in [0.29, 0.717) is 6.54 Å². The smallest absolute Gasteiger partial charge is 0.309 e. The molecule has 2 aromatic rings. The Morgan fingerprint density at radius 1 is 1.13 bits per heavy atom. The summed E-state index contributed by atoms with van der Waals surface area (Å²) >= 11 is 1.56. The maximum absolute atomic E-state index is 11.8. The van der Waals surface area contributed by atoms with Gasteiger partial charge in [-0.05, 0) is 34.9 Å². The van der Waals surface area contributed by atoms with Crippen LogP contribution in [0.25, 0.3) is 0 Å². The highest BCUT2D eigenvalue weighted by molar-refractivity contribution is 7.07. The van der Waals surface area contributed by atoms with Crippen molar-refractivity contribution in [3.63, 3.8) is 0 Å². The molecule has 0 spiro atoms. The van der Waals surface area contributed by atoms with E-state index in [2.05, 4.69) is 10.6 Å². The summed E-state index contributed by atoms with van der Waals surface area (Å²) in [6, 6.07) is 9.70. The zero-order valence-electron chi connectivity index (χ0n) is 13.2. The Hall–Kier alpha value is -2.18. The fourth-order valence-corrected chi connectivity index (χ4v) is 2.73. The first-order chi connectivity index (χ1) is 11.1. The number of carbonyl (C=O) groups is 2. The van der Waals surface area contributed by atoms with E-state index < -0.39 is 11.8 Å². The van der Waals surface area contributed by atoms with Gasteiger partial charge in [0.15, 0.2) is 0 Å². The molecule has 122 valence electrons. The van der Waals surface area contributed by atoms with Crippen LogP contribution in [0.2, 0.25) is 0 Å². The van der Waals surface area contributed by atoms with Gasteiger partial charge in [-0.25, -0.2) is 0 Å². The van der Waals surface area contributed by atoms with Crippen molar-refractivity contribution in [2.24, 2.45) is 0 Å². The van der Waals surface area contributed by atoms with Gasteiger partial charge in [-0.3, -0.25) is 9.59 Å². The molecule has 1 aromatic carbocycles. The fourth-order valence-electron chi connectivity index (χ4n) is 2.03. The van der Waals surface area contributed by atoms with Crippen LogP contribution in [0, 0.1) is 6.92 Å². The number of methoxy groups -OCH3 is 1. The van der Waals surface area contributed by atoms with Gasteiger partial charge in [-0.1, -0.05) is 29.8 Å². The highest BCUT2D eigenvalue weighted by Gasteiger charge is 2.16. The maximum atomic E-state index is 11.8. The monoisotopic (exact) mass is 332 g/mol. The first-order valence-electron chi connectivity index (χ1n) is 7.26. The Bertz CT molecular complexity index is 638. The zero-order valence-corrected chi connectivity index (χ0v) is 14.0. The Kier molecular flexibility index (Phi) is 6.31. The maximum Gasteiger partial charge on any atom is 0.309 e. The molecule has 0 bridgehead atoms. The second kappa shape index (κ2) is 8.45. The Morgan fingerprint density at radius 3 is 2.43 bits per heavy atom. The summed E-state index contributed by atoms with van der Waals surface area (Å²) in [5.41, 5.74) is 3.08. The number of nitrogens with one attached hydrogen (secondary N) is 2. The van der Waals surface area contributed by atoms with Crippen LogP contribution in [-0.2, 0) is 20.9 Å². The molecule has 0 saturated carbocycles. The molecule has 2 rings (SSSR count). The summed E-state index contributed by atoms with van der Waals surface area (Å²) in [6.45, 7) is 2.57. The molecule has 0 aliphatic heterocycles. The molecule has 6 heteroatoms. The van der Waals surface area contributed by atoms with Gasteiger partial charge in [-0.15, -0.1) is 0 Å². The van der Waals surface area contributed by atoms with Gasteiger partial charge in [0.05, 0.1) is 0 Å². The van der Waals surface area contributed by atoms with E-state index in [4.69, 9.17) is 4.74 Å². The molecular weight excluding hydrogens is 312 g/mol. The van der Waals surface area contributed by atoms with Crippen LogP contribution < -0.4 is 10.6 Å². The number of benzene rings is 1. The van der Waals surface area contributed by atoms with Gasteiger partial charge in [0.2, 0.25) is 0 Å². The molecule has 1 heterocycles. The third kappa shape index (κ3) is 5.19. The number of aryl methyl sites for hydroxylation is 1. The Balaban J connectivity index is 1.78. The van der Waals surface area contributed by atoms with Crippen LogP contribution in [0.5, 0.6) is 0 Å². The van der Waals surface area contributed by atoms with Gasteiger partial charge >= 0.3 is 11.8 Å². The molecule has 0 aliphatic carbocycles. The lowest BCUT2D eigenvalue weighted by atomic mass is 10.1. The predicted molar refractivity (Wildman–Crippen MR) is 90.1 cm³/mol. The largest absolute Gasteiger partial charge is 0.375 e. The van der Waals surface area contributed by atoms with Crippen molar-refractivity contribution in [3.05, 3.63) is 57.8 Å². The minimum atomic E-state index is -0.658. The first-order valence-corrected chi connectivity index (χ1v) is 8.21. The normalized spacial score (nSPS) is 11.7. The van der Waals surface area contributed by atoms with E-state index in [1.54, 1.807) is 18.4 Å². The predicted octanol–water partition coefficient (Wildman–Crippen LogP) is 2.18. The molecule has 0 fully saturated rings. The minimum absolute atomic E-state index is 0.254. The SMILES string of the molecule is COC(CNC(=O)C(=O)NCc1ccc(C)cc1)c1ccsc1. The standard InChI is InChI=1S/C17H20N2O3S/c1-12-3-5-13(6-4-12)9-18-16(20)17(21)19-10-15(22-2)14-7-8-23-11-14/h3-8,11,15H,9-10H2,1-2H3,(H,18,20)(H,19,21). The molecule has 0 aliphatic rings. The number of amides is 2. The molecular formula is C17H20N2O3S. The van der Waals surface area contributed by atoms with Crippen LogP contribution in [0.3, 0.4) is 0 Å². The third-order valence-electron chi connectivity index (χ3n) is 3.43. The van der Waals surface area contributed by atoms with Crippen LogP contribution in [-0.4, -0.2) is 25.5 Å². The number of ether oxygens (including phenoxy) is 1. The lowest BCUT2D eigenvalue weighted by Crippen LogP contribution is -2.41. The summed E-state index contributed by atoms with van der Waals surface area (Å²) in [5.74, 6) is -1.31. The van der Waals surface area contributed by atoms with Gasteiger partial charge in [0.25, 0.3) is 0 Å². The molecule has 1 aromatic heterocycles. The molecule has 5 nitrogen and oxygen atoms in total. The fraction of sp³-hybridized carbons (Fsp3) is 0.294. The number of hydrogen-bond acceptors (Lipinski definition) is 4. The van der Waals surface area contributed by atoms with Gasteiger partial charge in [0.1, 0.15) is 6.10 Å². The molecule has 1 unspecified atom stereocenters. The average molecular weight is 332 g/mol. The number of thiophene rings is 1. The van der Waals surface area contributed by atoms with Crippen molar-refractivity contribution in [1.82, 2.24) is 10.6 Å². The topological polar surface area (TPSA) is 67.4 Å². The number of hydrogen-bond donors (Lipinski definition) is 2. The quantitative estimate of drug-likeness (QED) is 0.797. The lowest BCUT2D eigenvalue weighted by molar-refractivity contribution is -0.139. The van der Waals surface area contributed by atoms with E-state index in [-0.39, 0.29) is 12.6 Å². The molecule has 0 radical (unpaired) electrons. The van der Waals surface area contributed by atoms with Crippen molar-refractivity contribution in [1.29, 1.82) is 0 Å². The Morgan fingerprint density at radius 2 is 1.83 bits per heavy atom. The van der Waals surface area contributed by atoms with E-state index in [1.807, 2.05) is 48.0 Å². The Labute approximate surface area is 139 Å². The van der Waals surface area contributed by atoms with E-state index in [0.717, 1.165) is 16.7 Å². The number of rotatable bonds is 6. The molecule has 2 amide bonds. The van der Waals surface area contributed by atoms with Crippen LogP contribution in [0.15, 0.2) is 41.1 Å². The van der Waals surface area contributed by atoms with Gasteiger partial charge < -0.3 is 15.4 Å². The van der Waals surface area contributed by atoms with Crippen LogP contribution in [0.1, 0.15) is 22.8 Å². The summed E-state index contributed by atoms with van der Waals surface area (Å²) < 4.78 is 5.33. The summed E-state index contributed by atoms with van der Waals surface area (Å²) in [5, 5.41) is 9.10. The van der Waals surface area contributed by atoms with Crippen LogP contribution >= 0.6 is 11.3 Å². The molecule has 1 atom stereocenters. The molecule has 23 heavy (non-hydrogen) atoms. The zero-order chi connectivity index (χ0) is 16.7. The van der Waals surface area contributed by atoms with Crippen molar-refractivity contribution in [2.75, 3.05) is 13.7 Å². The highest BCUT2D eigenvalue weighted by Crippen LogP contribution is 2.18.